The molecule has 1 rings (SSSR count). The minimum Gasteiger partial charge on any atom is -0.466 e. The summed E-state index contributed by atoms with van der Waals surface area (Å²) in [4.78, 5) is 11.3. The lowest BCUT2D eigenvalue weighted by Crippen LogP contribution is -2.18. The third-order valence-electron chi connectivity index (χ3n) is 2.32. The highest BCUT2D eigenvalue weighted by atomic mass is 35.5. The highest BCUT2D eigenvalue weighted by molar-refractivity contribution is 6.30. The van der Waals surface area contributed by atoms with E-state index in [9.17, 15) is 4.79 Å². The summed E-state index contributed by atoms with van der Waals surface area (Å²) in [6.45, 7) is 4.08. The fourth-order valence-corrected chi connectivity index (χ4v) is 1.79. The zero-order chi connectivity index (χ0) is 12.1. The van der Waals surface area contributed by atoms with Gasteiger partial charge in [-0.25, -0.2) is 0 Å². The Balaban J connectivity index is 2.72. The van der Waals surface area contributed by atoms with E-state index in [-0.39, 0.29) is 18.4 Å². The molecule has 0 saturated carbocycles. The van der Waals surface area contributed by atoms with Crippen molar-refractivity contribution in [3.8, 4) is 0 Å². The van der Waals surface area contributed by atoms with Gasteiger partial charge in [-0.05, 0) is 37.1 Å². The van der Waals surface area contributed by atoms with Crippen LogP contribution in [0, 0.1) is 6.92 Å². The fraction of sp³-hybridized carbons (Fsp3) is 0.417. The first-order valence-corrected chi connectivity index (χ1v) is 5.59. The summed E-state index contributed by atoms with van der Waals surface area (Å²) in [5.74, 6) is -0.274. The van der Waals surface area contributed by atoms with Crippen LogP contribution in [0.5, 0.6) is 0 Å². The molecule has 3 nitrogen and oxygen atoms in total. The summed E-state index contributed by atoms with van der Waals surface area (Å²) in [7, 11) is 0. The molecule has 0 aliphatic carbocycles. The number of hydrogen-bond acceptors (Lipinski definition) is 3. The van der Waals surface area contributed by atoms with Crippen molar-refractivity contribution in [2.75, 3.05) is 6.61 Å². The van der Waals surface area contributed by atoms with Crippen LogP contribution in [0.2, 0.25) is 5.02 Å². The molecule has 88 valence electrons. The van der Waals surface area contributed by atoms with Crippen LogP contribution in [0.25, 0.3) is 0 Å². The number of hydrogen-bond donors (Lipinski definition) is 1. The van der Waals surface area contributed by atoms with Gasteiger partial charge in [0.2, 0.25) is 0 Å². The molecule has 0 aliphatic rings. The molecule has 1 aromatic rings. The van der Waals surface area contributed by atoms with Crippen LogP contribution in [-0.4, -0.2) is 12.6 Å². The van der Waals surface area contributed by atoms with Crippen LogP contribution < -0.4 is 5.73 Å². The third kappa shape index (κ3) is 3.51. The second-order valence-electron chi connectivity index (χ2n) is 3.62. The molecule has 1 atom stereocenters. The number of carbonyl (C=O) groups excluding carboxylic acids is 1. The van der Waals surface area contributed by atoms with Gasteiger partial charge in [-0.1, -0.05) is 17.7 Å². The standard InChI is InChI=1S/C12H16ClNO2/c1-3-16-12(15)7-11(14)10-5-4-9(13)6-8(10)2/h4-6,11H,3,7,14H2,1-2H3/t11-/m1/s1. The van der Waals surface area contributed by atoms with Gasteiger partial charge in [0.25, 0.3) is 0 Å². The summed E-state index contributed by atoms with van der Waals surface area (Å²) in [6.07, 6.45) is 0.191. The smallest absolute Gasteiger partial charge is 0.307 e. The van der Waals surface area contributed by atoms with Crippen LogP contribution in [0.15, 0.2) is 18.2 Å². The average molecular weight is 242 g/mol. The second kappa shape index (κ2) is 5.87. The molecule has 0 aromatic heterocycles. The van der Waals surface area contributed by atoms with Crippen molar-refractivity contribution in [1.29, 1.82) is 0 Å². The van der Waals surface area contributed by atoms with Gasteiger partial charge in [0.1, 0.15) is 0 Å². The normalized spacial score (nSPS) is 12.2. The lowest BCUT2D eigenvalue weighted by molar-refractivity contribution is -0.143. The predicted octanol–water partition coefficient (Wildman–Crippen LogP) is 2.60. The maximum atomic E-state index is 11.3. The molecule has 1 aromatic carbocycles. The fourth-order valence-electron chi connectivity index (χ4n) is 1.56. The number of aryl methyl sites for hydroxylation is 1. The summed E-state index contributed by atoms with van der Waals surface area (Å²) >= 11 is 5.84. The zero-order valence-electron chi connectivity index (χ0n) is 9.50. The van der Waals surface area contributed by atoms with Crippen LogP contribution in [0.3, 0.4) is 0 Å². The van der Waals surface area contributed by atoms with Crippen LogP contribution >= 0.6 is 11.6 Å². The number of esters is 1. The first-order chi connectivity index (χ1) is 7.54. The number of nitrogens with two attached hydrogens (primary N) is 1. The zero-order valence-corrected chi connectivity index (χ0v) is 10.3. The first kappa shape index (κ1) is 13.0. The van der Waals surface area contributed by atoms with Gasteiger partial charge >= 0.3 is 5.97 Å². The summed E-state index contributed by atoms with van der Waals surface area (Å²) in [5.41, 5.74) is 7.85. The molecule has 2 N–H and O–H groups in total. The van der Waals surface area contributed by atoms with Gasteiger partial charge in [-0.3, -0.25) is 4.79 Å². The van der Waals surface area contributed by atoms with Crippen LogP contribution in [0.1, 0.15) is 30.5 Å². The second-order valence-corrected chi connectivity index (χ2v) is 4.05. The molecule has 0 fully saturated rings. The molecule has 0 spiro atoms. The van der Waals surface area contributed by atoms with Gasteiger partial charge in [0, 0.05) is 11.1 Å². The largest absolute Gasteiger partial charge is 0.466 e. The van der Waals surface area contributed by atoms with Gasteiger partial charge < -0.3 is 10.5 Å². The molecule has 0 amide bonds. The van der Waals surface area contributed by atoms with E-state index in [2.05, 4.69) is 0 Å². The van der Waals surface area contributed by atoms with Crippen molar-refractivity contribution >= 4 is 17.6 Å². The summed E-state index contributed by atoms with van der Waals surface area (Å²) in [6, 6.07) is 5.12. The molecule has 0 unspecified atom stereocenters. The van der Waals surface area contributed by atoms with Gasteiger partial charge in [-0.2, -0.15) is 0 Å². The minimum atomic E-state index is -0.337. The number of ether oxygens (including phenoxy) is 1. The van der Waals surface area contributed by atoms with E-state index in [0.29, 0.717) is 11.6 Å². The van der Waals surface area contributed by atoms with Crippen molar-refractivity contribution in [2.45, 2.75) is 26.3 Å². The average Bonchev–Trinajstić information content (AvgIpc) is 2.17. The Labute approximate surface area is 101 Å². The van der Waals surface area contributed by atoms with Crippen molar-refractivity contribution < 1.29 is 9.53 Å². The quantitative estimate of drug-likeness (QED) is 0.825. The Bertz CT molecular complexity index is 379. The topological polar surface area (TPSA) is 52.3 Å². The predicted molar refractivity (Wildman–Crippen MR) is 64.4 cm³/mol. The van der Waals surface area contributed by atoms with E-state index < -0.39 is 0 Å². The van der Waals surface area contributed by atoms with Gasteiger partial charge in [-0.15, -0.1) is 0 Å². The highest BCUT2D eigenvalue weighted by Crippen LogP contribution is 2.22. The molecular formula is C12H16ClNO2. The monoisotopic (exact) mass is 241 g/mol. The molecular weight excluding hydrogens is 226 g/mol. The Morgan fingerprint density at radius 2 is 2.25 bits per heavy atom. The van der Waals surface area contributed by atoms with Crippen LogP contribution in [-0.2, 0) is 9.53 Å². The van der Waals surface area contributed by atoms with Crippen molar-refractivity contribution in [2.24, 2.45) is 5.73 Å². The Kier molecular flexibility index (Phi) is 4.77. The Morgan fingerprint density at radius 1 is 1.56 bits per heavy atom. The maximum Gasteiger partial charge on any atom is 0.307 e. The maximum absolute atomic E-state index is 11.3. The lowest BCUT2D eigenvalue weighted by Gasteiger charge is -2.14. The van der Waals surface area contributed by atoms with Crippen LogP contribution in [0.4, 0.5) is 0 Å². The number of rotatable bonds is 4. The molecule has 0 aliphatic heterocycles. The van der Waals surface area contributed by atoms with Crippen molar-refractivity contribution in [1.82, 2.24) is 0 Å². The first-order valence-electron chi connectivity index (χ1n) is 5.21. The number of carbonyl (C=O) groups is 1. The highest BCUT2D eigenvalue weighted by Gasteiger charge is 2.14. The molecule has 0 saturated heterocycles. The van der Waals surface area contributed by atoms with E-state index in [0.717, 1.165) is 11.1 Å². The molecule has 0 radical (unpaired) electrons. The lowest BCUT2D eigenvalue weighted by atomic mass is 10.00. The SMILES string of the molecule is CCOC(=O)C[C@@H](N)c1ccc(Cl)cc1C. The molecule has 0 bridgehead atoms. The van der Waals surface area contributed by atoms with E-state index in [1.165, 1.54) is 0 Å². The third-order valence-corrected chi connectivity index (χ3v) is 2.56. The summed E-state index contributed by atoms with van der Waals surface area (Å²) in [5, 5.41) is 0.671. The van der Waals surface area contributed by atoms with E-state index in [4.69, 9.17) is 22.1 Å². The molecule has 0 heterocycles. The van der Waals surface area contributed by atoms with Crippen molar-refractivity contribution in [3.05, 3.63) is 34.3 Å². The Morgan fingerprint density at radius 3 is 2.81 bits per heavy atom. The van der Waals surface area contributed by atoms with Crippen molar-refractivity contribution in [3.63, 3.8) is 0 Å². The Hall–Kier alpha value is -1.06. The molecule has 4 heteroatoms. The van der Waals surface area contributed by atoms with E-state index in [1.54, 1.807) is 13.0 Å². The summed E-state index contributed by atoms with van der Waals surface area (Å²) < 4.78 is 4.85. The minimum absolute atomic E-state index is 0.191. The number of benzene rings is 1. The molecule has 16 heavy (non-hydrogen) atoms. The van der Waals surface area contributed by atoms with E-state index >= 15 is 0 Å². The van der Waals surface area contributed by atoms with Gasteiger partial charge in [0.05, 0.1) is 13.0 Å². The van der Waals surface area contributed by atoms with E-state index in [1.807, 2.05) is 19.1 Å². The van der Waals surface area contributed by atoms with Gasteiger partial charge in [0.15, 0.2) is 0 Å². The number of halogens is 1.